The molecule has 1 aliphatic rings. The summed E-state index contributed by atoms with van der Waals surface area (Å²) in [4.78, 5) is 27.9. The number of fused-ring (bicyclic) bond motifs is 1. The number of benzene rings is 3. The zero-order chi connectivity index (χ0) is 29.7. The number of nitrogen functional groups attached to an aromatic ring is 1. The third-order valence-electron chi connectivity index (χ3n) is 7.21. The van der Waals surface area contributed by atoms with Crippen LogP contribution in [0.25, 0.3) is 16.9 Å². The van der Waals surface area contributed by atoms with E-state index in [9.17, 15) is 27.2 Å². The molecule has 0 saturated carbocycles. The molecule has 0 bridgehead atoms. The second-order valence-corrected chi connectivity index (χ2v) is 11.2. The number of aromatic nitrogens is 2. The van der Waals surface area contributed by atoms with Crippen LogP contribution in [0, 0.1) is 11.2 Å². The first-order valence-corrected chi connectivity index (χ1v) is 13.0. The van der Waals surface area contributed by atoms with Gasteiger partial charge in [-0.1, -0.05) is 38.1 Å². The second kappa shape index (κ2) is 10.2. The molecule has 10 heteroatoms. The van der Waals surface area contributed by atoms with Crippen molar-refractivity contribution in [2.24, 2.45) is 5.41 Å². The number of carbonyl (C=O) groups excluding carboxylic acids is 2. The lowest BCUT2D eigenvalue weighted by molar-refractivity contribution is -0.137. The average Bonchev–Trinajstić information content (AvgIpc) is 3.27. The van der Waals surface area contributed by atoms with E-state index >= 15 is 0 Å². The summed E-state index contributed by atoms with van der Waals surface area (Å²) < 4.78 is 54.2. The van der Waals surface area contributed by atoms with Gasteiger partial charge in [-0.2, -0.15) is 18.3 Å². The summed E-state index contributed by atoms with van der Waals surface area (Å²) in [5, 5.41) is 4.68. The molecule has 1 amide bonds. The minimum Gasteiger partial charge on any atom is -0.397 e. The molecule has 1 aliphatic carbocycles. The number of ketones is 1. The standard InChI is InChI=1S/C31H28F4N4O2/c1-30(2)15-25-27(26(40)16-30)28(19-6-9-21(10-7-19)31(33,34)35)37-39(25)24-13-8-20(14-23(24)36)29(41)38(3)17-18-4-11-22(32)12-5-18/h4-14H,15-17,36H2,1-3H3. The van der Waals surface area contributed by atoms with E-state index in [2.05, 4.69) is 5.10 Å². The lowest BCUT2D eigenvalue weighted by Crippen LogP contribution is -2.28. The van der Waals surface area contributed by atoms with E-state index in [0.717, 1.165) is 17.7 Å². The number of Topliss-reactive ketones (excluding diaryl/α,β-unsaturated/α-hetero) is 1. The maximum absolute atomic E-state index is 13.3. The molecule has 3 aromatic carbocycles. The number of nitrogens with two attached hydrogens (primary N) is 1. The largest absolute Gasteiger partial charge is 0.416 e. The Bertz CT molecular complexity index is 1640. The fraction of sp³-hybridized carbons (Fsp3) is 0.258. The van der Waals surface area contributed by atoms with E-state index in [1.807, 2.05) is 13.8 Å². The highest BCUT2D eigenvalue weighted by Crippen LogP contribution is 2.41. The van der Waals surface area contributed by atoms with Crippen LogP contribution in [0.3, 0.4) is 0 Å². The maximum Gasteiger partial charge on any atom is 0.416 e. The molecule has 0 aliphatic heterocycles. The number of amides is 1. The summed E-state index contributed by atoms with van der Waals surface area (Å²) in [6, 6.07) is 15.2. The van der Waals surface area contributed by atoms with E-state index in [4.69, 9.17) is 5.73 Å². The number of anilines is 1. The van der Waals surface area contributed by atoms with Crippen molar-refractivity contribution >= 4 is 17.4 Å². The van der Waals surface area contributed by atoms with Gasteiger partial charge in [-0.15, -0.1) is 0 Å². The Morgan fingerprint density at radius 3 is 2.29 bits per heavy atom. The first-order valence-electron chi connectivity index (χ1n) is 13.0. The third kappa shape index (κ3) is 5.59. The number of carbonyl (C=O) groups is 2. The quantitative estimate of drug-likeness (QED) is 0.216. The fourth-order valence-electron chi connectivity index (χ4n) is 5.20. The van der Waals surface area contributed by atoms with Crippen LogP contribution in [0.4, 0.5) is 23.2 Å². The maximum atomic E-state index is 13.3. The number of halogens is 4. The first kappa shape index (κ1) is 28.1. The molecule has 0 unspecified atom stereocenters. The van der Waals surface area contributed by atoms with Crippen LogP contribution in [-0.4, -0.2) is 33.4 Å². The molecular weight excluding hydrogens is 536 g/mol. The summed E-state index contributed by atoms with van der Waals surface area (Å²) in [6.07, 6.45) is -3.73. The smallest absolute Gasteiger partial charge is 0.397 e. The lowest BCUT2D eigenvalue weighted by atomic mass is 9.75. The van der Waals surface area contributed by atoms with Gasteiger partial charge in [-0.3, -0.25) is 9.59 Å². The van der Waals surface area contributed by atoms with Crippen LogP contribution in [0.15, 0.2) is 66.7 Å². The predicted molar refractivity (Wildman–Crippen MR) is 147 cm³/mol. The van der Waals surface area contributed by atoms with Gasteiger partial charge in [0.05, 0.1) is 28.2 Å². The van der Waals surface area contributed by atoms with Gasteiger partial charge in [-0.05, 0) is 59.9 Å². The van der Waals surface area contributed by atoms with E-state index < -0.39 is 11.7 Å². The number of hydrogen-bond donors (Lipinski definition) is 1. The van der Waals surface area contributed by atoms with Crippen LogP contribution in [0.5, 0.6) is 0 Å². The molecular formula is C31H28F4N4O2. The summed E-state index contributed by atoms with van der Waals surface area (Å²) >= 11 is 0. The van der Waals surface area contributed by atoms with Crippen LogP contribution in [-0.2, 0) is 19.1 Å². The zero-order valence-electron chi connectivity index (χ0n) is 22.7. The van der Waals surface area contributed by atoms with Gasteiger partial charge in [-0.25, -0.2) is 9.07 Å². The Labute approximate surface area is 234 Å². The third-order valence-corrected chi connectivity index (χ3v) is 7.21. The van der Waals surface area contributed by atoms with E-state index in [1.165, 1.54) is 35.2 Å². The minimum absolute atomic E-state index is 0.148. The highest BCUT2D eigenvalue weighted by atomic mass is 19.4. The fourth-order valence-corrected chi connectivity index (χ4v) is 5.20. The average molecular weight is 565 g/mol. The normalized spacial score (nSPS) is 14.6. The Kier molecular flexibility index (Phi) is 6.97. The molecule has 2 N–H and O–H groups in total. The first-order chi connectivity index (χ1) is 19.2. The van der Waals surface area contributed by atoms with Gasteiger partial charge in [0.15, 0.2) is 5.78 Å². The molecule has 0 fully saturated rings. The minimum atomic E-state index is -4.49. The van der Waals surface area contributed by atoms with Crippen molar-refractivity contribution in [3.63, 3.8) is 0 Å². The van der Waals surface area contributed by atoms with Gasteiger partial charge in [0.1, 0.15) is 11.5 Å². The molecule has 6 nitrogen and oxygen atoms in total. The summed E-state index contributed by atoms with van der Waals surface area (Å²) in [5.74, 6) is -0.805. The van der Waals surface area contributed by atoms with Gasteiger partial charge < -0.3 is 10.6 Å². The molecule has 1 aromatic heterocycles. The molecule has 0 atom stereocenters. The van der Waals surface area contributed by atoms with E-state index in [0.29, 0.717) is 34.5 Å². The Balaban J connectivity index is 1.52. The van der Waals surface area contributed by atoms with Crippen molar-refractivity contribution in [2.45, 2.75) is 39.4 Å². The van der Waals surface area contributed by atoms with Crippen LogP contribution in [0.2, 0.25) is 0 Å². The SMILES string of the molecule is CN(Cc1ccc(F)cc1)C(=O)c1ccc(-n2nc(-c3ccc(C(F)(F)F)cc3)c3c2CC(C)(C)CC3=O)c(N)c1. The number of hydrogen-bond acceptors (Lipinski definition) is 4. The molecule has 0 spiro atoms. The predicted octanol–water partition coefficient (Wildman–Crippen LogP) is 6.71. The molecule has 1 heterocycles. The van der Waals surface area contributed by atoms with Crippen molar-refractivity contribution < 1.29 is 27.2 Å². The highest BCUT2D eigenvalue weighted by Gasteiger charge is 2.38. The molecule has 0 saturated heterocycles. The zero-order valence-corrected chi connectivity index (χ0v) is 22.7. The lowest BCUT2D eigenvalue weighted by Gasteiger charge is -2.29. The molecule has 212 valence electrons. The van der Waals surface area contributed by atoms with Crippen molar-refractivity contribution in [1.82, 2.24) is 14.7 Å². The van der Waals surface area contributed by atoms with Crippen LogP contribution in [0.1, 0.15) is 57.8 Å². The molecule has 0 radical (unpaired) electrons. The number of alkyl halides is 3. The van der Waals surface area contributed by atoms with Gasteiger partial charge in [0, 0.05) is 31.1 Å². The molecule has 4 aromatic rings. The summed E-state index contributed by atoms with van der Waals surface area (Å²) in [6.45, 7) is 4.19. The van der Waals surface area contributed by atoms with Crippen molar-refractivity contribution in [1.29, 1.82) is 0 Å². The van der Waals surface area contributed by atoms with E-state index in [-0.39, 0.29) is 47.3 Å². The monoisotopic (exact) mass is 564 g/mol. The number of nitrogens with zero attached hydrogens (tertiary/aromatic N) is 3. The topological polar surface area (TPSA) is 81.2 Å². The highest BCUT2D eigenvalue weighted by molar-refractivity contribution is 6.04. The van der Waals surface area contributed by atoms with Crippen molar-refractivity contribution in [3.8, 4) is 16.9 Å². The molecule has 41 heavy (non-hydrogen) atoms. The van der Waals surface area contributed by atoms with E-state index in [1.54, 1.807) is 36.0 Å². The van der Waals surface area contributed by atoms with Gasteiger partial charge in [0.2, 0.25) is 0 Å². The Morgan fingerprint density at radius 1 is 1.02 bits per heavy atom. The van der Waals surface area contributed by atoms with Crippen LogP contribution < -0.4 is 5.73 Å². The summed E-state index contributed by atoms with van der Waals surface area (Å²) in [5.41, 5.74) is 8.69. The molecule has 5 rings (SSSR count). The second-order valence-electron chi connectivity index (χ2n) is 11.2. The number of rotatable bonds is 5. The summed E-state index contributed by atoms with van der Waals surface area (Å²) in [7, 11) is 1.63. The Hall–Kier alpha value is -4.47. The van der Waals surface area contributed by atoms with Crippen molar-refractivity contribution in [2.75, 3.05) is 12.8 Å². The Morgan fingerprint density at radius 2 is 1.68 bits per heavy atom. The van der Waals surface area contributed by atoms with Gasteiger partial charge >= 0.3 is 6.18 Å². The van der Waals surface area contributed by atoms with Crippen LogP contribution >= 0.6 is 0 Å². The van der Waals surface area contributed by atoms with Gasteiger partial charge in [0.25, 0.3) is 5.91 Å². The van der Waals surface area contributed by atoms with Crippen molar-refractivity contribution in [3.05, 3.63) is 100 Å².